The highest BCUT2D eigenvalue weighted by molar-refractivity contribution is 5.66. The Bertz CT molecular complexity index is 624. The van der Waals surface area contributed by atoms with Crippen LogP contribution in [-0.4, -0.2) is 22.2 Å². The Balaban J connectivity index is 2.50. The van der Waals surface area contributed by atoms with Gasteiger partial charge in [-0.15, -0.1) is 0 Å². The lowest BCUT2D eigenvalue weighted by Crippen LogP contribution is -2.02. The number of aryl methyl sites for hydroxylation is 2. The van der Waals surface area contributed by atoms with Crippen LogP contribution in [0.25, 0.3) is 0 Å². The Hall–Kier alpha value is -1.84. The lowest BCUT2D eigenvalue weighted by atomic mass is 9.90. The van der Waals surface area contributed by atoms with Gasteiger partial charge in [0.05, 0.1) is 0 Å². The summed E-state index contributed by atoms with van der Waals surface area (Å²) in [6.07, 6.45) is 18.3. The Kier molecular flexibility index (Phi) is 15.6. The molecule has 0 spiro atoms. The third-order valence-electron chi connectivity index (χ3n) is 6.07. The van der Waals surface area contributed by atoms with E-state index in [0.717, 1.165) is 51.4 Å². The van der Waals surface area contributed by atoms with Crippen molar-refractivity contribution >= 4 is 11.9 Å². The van der Waals surface area contributed by atoms with Crippen LogP contribution in [0.4, 0.5) is 0 Å². The van der Waals surface area contributed by atoms with Crippen LogP contribution in [0.3, 0.4) is 0 Å². The van der Waals surface area contributed by atoms with Gasteiger partial charge in [-0.2, -0.15) is 0 Å². The fourth-order valence-corrected chi connectivity index (χ4v) is 4.27. The summed E-state index contributed by atoms with van der Waals surface area (Å²) in [7, 11) is 0. The van der Waals surface area contributed by atoms with E-state index in [1.54, 1.807) is 5.56 Å². The van der Waals surface area contributed by atoms with Crippen molar-refractivity contribution in [3.05, 3.63) is 34.9 Å². The van der Waals surface area contributed by atoms with Gasteiger partial charge in [-0.25, -0.2) is 0 Å². The Morgan fingerprint density at radius 2 is 1.03 bits per heavy atom. The van der Waals surface area contributed by atoms with Gasteiger partial charge in [0, 0.05) is 12.8 Å². The molecule has 1 rings (SSSR count). The molecule has 0 aliphatic rings. The molecule has 1 aromatic carbocycles. The first-order chi connectivity index (χ1) is 15.0. The number of carbonyl (C=O) groups is 2. The number of aliphatic carboxylic acids is 2. The van der Waals surface area contributed by atoms with Crippen molar-refractivity contribution < 1.29 is 19.8 Å². The number of carboxylic acids is 2. The van der Waals surface area contributed by atoms with Crippen molar-refractivity contribution in [2.75, 3.05) is 0 Å². The number of unbranched alkanes of at least 4 members (excludes halogenated alkanes) is 10. The molecule has 0 bridgehead atoms. The SMILES string of the molecule is CCCCCc1cccc(CCCCCCCC(=O)O)c1CCCCCCCC(=O)O. The molecule has 0 aliphatic heterocycles. The molecule has 0 saturated heterocycles. The normalized spacial score (nSPS) is 11.0. The van der Waals surface area contributed by atoms with E-state index in [1.165, 1.54) is 62.5 Å². The lowest BCUT2D eigenvalue weighted by Gasteiger charge is -2.15. The minimum Gasteiger partial charge on any atom is -0.481 e. The maximum absolute atomic E-state index is 10.6. The third-order valence-corrected chi connectivity index (χ3v) is 6.07. The first-order valence-corrected chi connectivity index (χ1v) is 12.6. The zero-order valence-electron chi connectivity index (χ0n) is 19.7. The molecule has 0 aromatic heterocycles. The second-order valence-electron chi connectivity index (χ2n) is 8.83. The van der Waals surface area contributed by atoms with Crippen molar-refractivity contribution in [3.63, 3.8) is 0 Å². The van der Waals surface area contributed by atoms with Crippen LogP contribution in [0.5, 0.6) is 0 Å². The van der Waals surface area contributed by atoms with E-state index in [2.05, 4.69) is 25.1 Å². The first kappa shape index (κ1) is 27.2. The van der Waals surface area contributed by atoms with Gasteiger partial charge in [0.1, 0.15) is 0 Å². The molecule has 0 aliphatic carbocycles. The molecule has 2 N–H and O–H groups in total. The molecule has 176 valence electrons. The first-order valence-electron chi connectivity index (χ1n) is 12.6. The van der Waals surface area contributed by atoms with Gasteiger partial charge in [0.25, 0.3) is 0 Å². The van der Waals surface area contributed by atoms with Crippen molar-refractivity contribution in [1.82, 2.24) is 0 Å². The predicted octanol–water partition coefficient (Wildman–Crippen LogP) is 7.35. The van der Waals surface area contributed by atoms with Crippen molar-refractivity contribution in [2.45, 2.75) is 122 Å². The molecule has 4 heteroatoms. The topological polar surface area (TPSA) is 74.6 Å². The highest BCUT2D eigenvalue weighted by Crippen LogP contribution is 2.23. The summed E-state index contributed by atoms with van der Waals surface area (Å²) in [5.74, 6) is -1.38. The zero-order valence-corrected chi connectivity index (χ0v) is 19.7. The second-order valence-corrected chi connectivity index (χ2v) is 8.83. The Morgan fingerprint density at radius 1 is 0.613 bits per heavy atom. The van der Waals surface area contributed by atoms with Crippen molar-refractivity contribution in [1.29, 1.82) is 0 Å². The standard InChI is InChI=1S/C27H44O4/c1-2-3-10-16-23-18-15-19-24(17-11-6-4-8-13-21-26(28)29)25(23)20-12-7-5-9-14-22-27(30)31/h15,18-19H,2-14,16-17,20-22H2,1H3,(H,28,29)(H,30,31). The Labute approximate surface area is 189 Å². The average molecular weight is 433 g/mol. The van der Waals surface area contributed by atoms with Gasteiger partial charge in [0.15, 0.2) is 0 Å². The van der Waals surface area contributed by atoms with E-state index in [-0.39, 0.29) is 0 Å². The van der Waals surface area contributed by atoms with E-state index in [1.807, 2.05) is 0 Å². The van der Waals surface area contributed by atoms with Crippen LogP contribution < -0.4 is 0 Å². The van der Waals surface area contributed by atoms with E-state index >= 15 is 0 Å². The van der Waals surface area contributed by atoms with Gasteiger partial charge >= 0.3 is 11.9 Å². The average Bonchev–Trinajstić information content (AvgIpc) is 2.73. The molecular formula is C27H44O4. The van der Waals surface area contributed by atoms with E-state index in [4.69, 9.17) is 10.2 Å². The van der Waals surface area contributed by atoms with Gasteiger partial charge in [-0.3, -0.25) is 9.59 Å². The minimum absolute atomic E-state index is 0.292. The van der Waals surface area contributed by atoms with E-state index < -0.39 is 11.9 Å². The van der Waals surface area contributed by atoms with Gasteiger partial charge in [0.2, 0.25) is 0 Å². The molecule has 0 radical (unpaired) electrons. The number of hydrogen-bond donors (Lipinski definition) is 2. The Morgan fingerprint density at radius 3 is 1.52 bits per heavy atom. The van der Waals surface area contributed by atoms with Crippen molar-refractivity contribution in [2.24, 2.45) is 0 Å². The largest absolute Gasteiger partial charge is 0.481 e. The smallest absolute Gasteiger partial charge is 0.303 e. The summed E-state index contributed by atoms with van der Waals surface area (Å²) in [4.78, 5) is 21.2. The molecule has 1 aromatic rings. The maximum Gasteiger partial charge on any atom is 0.303 e. The number of benzene rings is 1. The molecule has 0 saturated carbocycles. The second kappa shape index (κ2) is 17.8. The molecule has 4 nitrogen and oxygen atoms in total. The fourth-order valence-electron chi connectivity index (χ4n) is 4.27. The monoisotopic (exact) mass is 432 g/mol. The summed E-state index contributed by atoms with van der Waals surface area (Å²) < 4.78 is 0. The molecule has 0 atom stereocenters. The van der Waals surface area contributed by atoms with E-state index in [0.29, 0.717) is 12.8 Å². The molecule has 31 heavy (non-hydrogen) atoms. The molecule has 0 amide bonds. The lowest BCUT2D eigenvalue weighted by molar-refractivity contribution is -0.138. The van der Waals surface area contributed by atoms with Crippen molar-refractivity contribution in [3.8, 4) is 0 Å². The molecule has 0 fully saturated rings. The van der Waals surface area contributed by atoms with Gasteiger partial charge in [-0.1, -0.05) is 76.5 Å². The van der Waals surface area contributed by atoms with Crippen LogP contribution >= 0.6 is 0 Å². The number of hydrogen-bond acceptors (Lipinski definition) is 2. The summed E-state index contributed by atoms with van der Waals surface area (Å²) in [6, 6.07) is 6.84. The summed E-state index contributed by atoms with van der Waals surface area (Å²) in [5.41, 5.74) is 4.60. The molecular weight excluding hydrogens is 388 g/mol. The van der Waals surface area contributed by atoms with E-state index in [9.17, 15) is 9.59 Å². The van der Waals surface area contributed by atoms with Crippen LogP contribution in [0.15, 0.2) is 18.2 Å². The quantitative estimate of drug-likeness (QED) is 0.211. The fraction of sp³-hybridized carbons (Fsp3) is 0.704. The summed E-state index contributed by atoms with van der Waals surface area (Å²) in [6.45, 7) is 2.25. The van der Waals surface area contributed by atoms with Crippen LogP contribution in [-0.2, 0) is 28.9 Å². The van der Waals surface area contributed by atoms with Gasteiger partial charge < -0.3 is 10.2 Å². The highest BCUT2D eigenvalue weighted by Gasteiger charge is 2.09. The maximum atomic E-state index is 10.6. The number of carboxylic acid groups (broad SMARTS) is 2. The van der Waals surface area contributed by atoms with Gasteiger partial charge in [-0.05, 0) is 68.1 Å². The number of rotatable bonds is 20. The summed E-state index contributed by atoms with van der Waals surface area (Å²) in [5, 5.41) is 17.5. The van der Waals surface area contributed by atoms with Crippen LogP contribution in [0.1, 0.15) is 120 Å². The zero-order chi connectivity index (χ0) is 22.7. The summed E-state index contributed by atoms with van der Waals surface area (Å²) >= 11 is 0. The molecule has 0 unspecified atom stereocenters. The highest BCUT2D eigenvalue weighted by atomic mass is 16.4. The minimum atomic E-state index is -0.689. The molecule has 0 heterocycles. The third kappa shape index (κ3) is 14.0. The predicted molar refractivity (Wildman–Crippen MR) is 128 cm³/mol. The van der Waals surface area contributed by atoms with Crippen LogP contribution in [0, 0.1) is 0 Å². The van der Waals surface area contributed by atoms with Crippen LogP contribution in [0.2, 0.25) is 0 Å².